The molecule has 8 heteroatoms. The smallest absolute Gasteiger partial charge is 0.387 e. The number of morpholine rings is 1. The van der Waals surface area contributed by atoms with E-state index in [1.54, 1.807) is 12.1 Å². The van der Waals surface area contributed by atoms with Crippen molar-refractivity contribution in [1.82, 2.24) is 0 Å². The van der Waals surface area contributed by atoms with E-state index < -0.39 is 12.4 Å². The molecule has 0 bridgehead atoms. The fraction of sp³-hybridized carbons (Fsp3) is 0.381. The van der Waals surface area contributed by atoms with Crippen molar-refractivity contribution in [2.45, 2.75) is 39.1 Å². The lowest BCUT2D eigenvalue weighted by molar-refractivity contribution is -0.115. The molecule has 2 aromatic rings. The highest BCUT2D eigenvalue weighted by atomic mass is 19.3. The van der Waals surface area contributed by atoms with E-state index in [0.29, 0.717) is 30.0 Å². The van der Waals surface area contributed by atoms with Gasteiger partial charge in [-0.1, -0.05) is 12.1 Å². The molecule has 0 radical (unpaired) electrons. The maximum absolute atomic E-state index is 14.6. The topological polar surface area (TPSA) is 50.8 Å². The van der Waals surface area contributed by atoms with Crippen LogP contribution in [0.2, 0.25) is 0 Å². The minimum Gasteiger partial charge on any atom is -0.435 e. The number of halogens is 3. The SMILES string of the molecule is CC1CN(c2ccc(NC(=O)Cc3ccc(OC(F)F)cc3)cc2F)CC(C)O1. The van der Waals surface area contributed by atoms with Crippen LogP contribution in [0.25, 0.3) is 0 Å². The zero-order chi connectivity index (χ0) is 21.0. The molecule has 2 unspecified atom stereocenters. The monoisotopic (exact) mass is 408 g/mol. The third-order valence-corrected chi connectivity index (χ3v) is 4.50. The second-order valence-electron chi connectivity index (χ2n) is 7.08. The van der Waals surface area contributed by atoms with E-state index in [1.165, 1.54) is 30.3 Å². The van der Waals surface area contributed by atoms with Crippen LogP contribution in [0.15, 0.2) is 42.5 Å². The van der Waals surface area contributed by atoms with Crippen LogP contribution < -0.4 is 15.0 Å². The summed E-state index contributed by atoms with van der Waals surface area (Å²) in [6.45, 7) is 2.19. The van der Waals surface area contributed by atoms with E-state index >= 15 is 0 Å². The van der Waals surface area contributed by atoms with Crippen molar-refractivity contribution in [2.24, 2.45) is 0 Å². The van der Waals surface area contributed by atoms with Gasteiger partial charge in [-0.25, -0.2) is 4.39 Å². The van der Waals surface area contributed by atoms with Crippen molar-refractivity contribution in [3.63, 3.8) is 0 Å². The number of benzene rings is 2. The van der Waals surface area contributed by atoms with E-state index in [2.05, 4.69) is 10.1 Å². The first-order chi connectivity index (χ1) is 13.8. The van der Waals surface area contributed by atoms with Gasteiger partial charge in [0, 0.05) is 18.8 Å². The number of amides is 1. The van der Waals surface area contributed by atoms with E-state index in [9.17, 15) is 18.0 Å². The number of rotatable bonds is 6. The zero-order valence-corrected chi connectivity index (χ0v) is 16.2. The van der Waals surface area contributed by atoms with Crippen molar-refractivity contribution in [2.75, 3.05) is 23.3 Å². The molecule has 156 valence electrons. The molecule has 1 aliphatic heterocycles. The molecule has 1 N–H and O–H groups in total. The molecule has 0 aromatic heterocycles. The van der Waals surface area contributed by atoms with Crippen LogP contribution in [-0.4, -0.2) is 37.8 Å². The van der Waals surface area contributed by atoms with Crippen LogP contribution in [0.4, 0.5) is 24.5 Å². The molecule has 1 heterocycles. The predicted molar refractivity (Wildman–Crippen MR) is 104 cm³/mol. The fourth-order valence-electron chi connectivity index (χ4n) is 3.40. The summed E-state index contributed by atoms with van der Waals surface area (Å²) in [6.07, 6.45) is 0.0432. The van der Waals surface area contributed by atoms with Gasteiger partial charge in [0.2, 0.25) is 5.91 Å². The van der Waals surface area contributed by atoms with Gasteiger partial charge in [-0.2, -0.15) is 8.78 Å². The summed E-state index contributed by atoms with van der Waals surface area (Å²) in [7, 11) is 0. The molecule has 2 aromatic carbocycles. The third kappa shape index (κ3) is 5.87. The molecule has 1 fully saturated rings. The van der Waals surface area contributed by atoms with Gasteiger partial charge < -0.3 is 19.7 Å². The minimum atomic E-state index is -2.90. The van der Waals surface area contributed by atoms with Crippen LogP contribution in [0.5, 0.6) is 5.75 Å². The quantitative estimate of drug-likeness (QED) is 0.778. The van der Waals surface area contributed by atoms with Crippen molar-refractivity contribution >= 4 is 17.3 Å². The highest BCUT2D eigenvalue weighted by Gasteiger charge is 2.24. The first-order valence-corrected chi connectivity index (χ1v) is 9.33. The number of ether oxygens (including phenoxy) is 2. The zero-order valence-electron chi connectivity index (χ0n) is 16.2. The summed E-state index contributed by atoms with van der Waals surface area (Å²) in [4.78, 5) is 14.2. The van der Waals surface area contributed by atoms with Gasteiger partial charge in [0.05, 0.1) is 24.3 Å². The fourth-order valence-corrected chi connectivity index (χ4v) is 3.40. The van der Waals surface area contributed by atoms with Crippen molar-refractivity contribution in [1.29, 1.82) is 0 Å². The predicted octanol–water partition coefficient (Wildman–Crippen LogP) is 4.22. The van der Waals surface area contributed by atoms with Gasteiger partial charge in [-0.15, -0.1) is 0 Å². The summed E-state index contributed by atoms with van der Waals surface area (Å²) in [5.41, 5.74) is 1.44. The Hall–Kier alpha value is -2.74. The van der Waals surface area contributed by atoms with Crippen molar-refractivity contribution in [3.8, 4) is 5.75 Å². The Kier molecular flexibility index (Phi) is 6.64. The highest BCUT2D eigenvalue weighted by molar-refractivity contribution is 5.92. The summed E-state index contributed by atoms with van der Waals surface area (Å²) in [5, 5.41) is 2.65. The molecule has 1 saturated heterocycles. The minimum absolute atomic E-state index is 0.00927. The van der Waals surface area contributed by atoms with Crippen molar-refractivity contribution in [3.05, 3.63) is 53.8 Å². The molecule has 0 saturated carbocycles. The van der Waals surface area contributed by atoms with Gasteiger partial charge in [0.25, 0.3) is 0 Å². The maximum Gasteiger partial charge on any atom is 0.387 e. The highest BCUT2D eigenvalue weighted by Crippen LogP contribution is 2.26. The lowest BCUT2D eigenvalue weighted by Gasteiger charge is -2.37. The second-order valence-corrected chi connectivity index (χ2v) is 7.08. The van der Waals surface area contributed by atoms with Gasteiger partial charge in [-0.3, -0.25) is 4.79 Å². The van der Waals surface area contributed by atoms with Crippen molar-refractivity contribution < 1.29 is 27.4 Å². The van der Waals surface area contributed by atoms with E-state index in [4.69, 9.17) is 4.74 Å². The molecule has 5 nitrogen and oxygen atoms in total. The Bertz CT molecular complexity index is 836. The summed E-state index contributed by atoms with van der Waals surface area (Å²) >= 11 is 0. The Labute approximate surface area is 167 Å². The largest absolute Gasteiger partial charge is 0.435 e. The number of hydrogen-bond acceptors (Lipinski definition) is 4. The van der Waals surface area contributed by atoms with Gasteiger partial charge in [0.1, 0.15) is 11.6 Å². The van der Waals surface area contributed by atoms with Crippen LogP contribution >= 0.6 is 0 Å². The average Bonchev–Trinajstić information content (AvgIpc) is 2.62. The number of hydrogen-bond donors (Lipinski definition) is 1. The third-order valence-electron chi connectivity index (χ3n) is 4.50. The van der Waals surface area contributed by atoms with Gasteiger partial charge in [-0.05, 0) is 49.7 Å². The van der Waals surface area contributed by atoms with Gasteiger partial charge in [0.15, 0.2) is 0 Å². The van der Waals surface area contributed by atoms with Crippen LogP contribution in [0, 0.1) is 5.82 Å². The average molecular weight is 408 g/mol. The molecule has 2 atom stereocenters. The number of carbonyl (C=O) groups excluding carboxylic acids is 1. The number of carbonyl (C=O) groups is 1. The second kappa shape index (κ2) is 9.17. The molecular weight excluding hydrogens is 385 g/mol. The molecule has 1 aliphatic rings. The van der Waals surface area contributed by atoms with Crippen LogP contribution in [0.3, 0.4) is 0 Å². The Morgan fingerprint density at radius 1 is 1.17 bits per heavy atom. The summed E-state index contributed by atoms with van der Waals surface area (Å²) < 4.78 is 48.9. The van der Waals surface area contributed by atoms with E-state index in [-0.39, 0.29) is 30.3 Å². The van der Waals surface area contributed by atoms with Gasteiger partial charge >= 0.3 is 6.61 Å². The number of nitrogens with one attached hydrogen (secondary N) is 1. The van der Waals surface area contributed by atoms with Crippen LogP contribution in [0.1, 0.15) is 19.4 Å². The number of nitrogens with zero attached hydrogens (tertiary/aromatic N) is 1. The maximum atomic E-state index is 14.6. The molecule has 3 rings (SSSR count). The first-order valence-electron chi connectivity index (χ1n) is 9.33. The summed E-state index contributed by atoms with van der Waals surface area (Å²) in [6, 6.07) is 10.4. The Balaban J connectivity index is 1.60. The number of anilines is 2. The van der Waals surface area contributed by atoms with Crippen LogP contribution in [-0.2, 0) is 16.0 Å². The summed E-state index contributed by atoms with van der Waals surface area (Å²) in [5.74, 6) is -0.737. The first kappa shape index (κ1) is 21.0. The lowest BCUT2D eigenvalue weighted by atomic mass is 10.1. The molecule has 0 spiro atoms. The van der Waals surface area contributed by atoms with E-state index in [0.717, 1.165) is 0 Å². The van der Waals surface area contributed by atoms with E-state index in [1.807, 2.05) is 18.7 Å². The molecule has 29 heavy (non-hydrogen) atoms. The molecule has 0 aliphatic carbocycles. The normalized spacial score (nSPS) is 19.3. The molecule has 1 amide bonds. The Morgan fingerprint density at radius 3 is 2.41 bits per heavy atom. The standard InChI is InChI=1S/C21H23F3N2O3/c1-13-11-26(12-14(2)28-13)19-8-5-16(10-18(19)22)25-20(27)9-15-3-6-17(7-4-15)29-21(23)24/h3-8,10,13-14,21H,9,11-12H2,1-2H3,(H,25,27). The molecular formula is C21H23F3N2O3. The Morgan fingerprint density at radius 2 is 1.83 bits per heavy atom. The lowest BCUT2D eigenvalue weighted by Crippen LogP contribution is -2.45. The number of alkyl halides is 2.